The Bertz CT molecular complexity index is 1430. The molecule has 4 aromatic rings. The van der Waals surface area contributed by atoms with Crippen LogP contribution in [0.2, 0.25) is 0 Å². The van der Waals surface area contributed by atoms with Crippen LogP contribution in [-0.2, 0) is 23.7 Å². The Morgan fingerprint density at radius 1 is 1.31 bits per heavy atom. The summed E-state index contributed by atoms with van der Waals surface area (Å²) in [6.45, 7) is 4.81. The van der Waals surface area contributed by atoms with Crippen molar-refractivity contribution in [1.82, 2.24) is 33.7 Å². The maximum atomic E-state index is 13.1. The Morgan fingerprint density at radius 2 is 2.09 bits per heavy atom. The quantitative estimate of drug-likeness (QED) is 0.516. The van der Waals surface area contributed by atoms with Gasteiger partial charge in [-0.15, -0.1) is 0 Å². The van der Waals surface area contributed by atoms with Gasteiger partial charge in [-0.2, -0.15) is 15.3 Å². The van der Waals surface area contributed by atoms with Gasteiger partial charge in [0.2, 0.25) is 5.95 Å². The lowest BCUT2D eigenvalue weighted by Gasteiger charge is -2.31. The Balaban J connectivity index is 1.61. The van der Waals surface area contributed by atoms with E-state index in [0.29, 0.717) is 43.2 Å². The minimum Gasteiger partial charge on any atom is -0.381 e. The van der Waals surface area contributed by atoms with E-state index >= 15 is 0 Å². The zero-order chi connectivity index (χ0) is 22.5. The van der Waals surface area contributed by atoms with Crippen molar-refractivity contribution >= 4 is 28.4 Å². The fraction of sp³-hybridized carbons (Fsp3) is 0.429. The van der Waals surface area contributed by atoms with Crippen molar-refractivity contribution in [3.05, 3.63) is 40.3 Å². The van der Waals surface area contributed by atoms with E-state index in [1.165, 1.54) is 9.13 Å². The van der Waals surface area contributed by atoms with Gasteiger partial charge in [0, 0.05) is 39.5 Å². The second-order valence-corrected chi connectivity index (χ2v) is 8.01. The van der Waals surface area contributed by atoms with E-state index in [4.69, 9.17) is 4.74 Å². The second-order valence-electron chi connectivity index (χ2n) is 8.01. The van der Waals surface area contributed by atoms with Crippen molar-refractivity contribution in [1.29, 1.82) is 5.26 Å². The Hall–Kier alpha value is -3.78. The summed E-state index contributed by atoms with van der Waals surface area (Å²) in [6, 6.07) is 4.30. The molecule has 0 spiro atoms. The van der Waals surface area contributed by atoms with Gasteiger partial charge >= 0.3 is 5.69 Å². The number of nitrogens with zero attached hydrogens (tertiary/aromatic N) is 8. The van der Waals surface area contributed by atoms with Gasteiger partial charge in [0.25, 0.3) is 0 Å². The molecule has 1 saturated heterocycles. The van der Waals surface area contributed by atoms with E-state index in [1.807, 2.05) is 26.1 Å². The van der Waals surface area contributed by atoms with E-state index in [2.05, 4.69) is 31.4 Å². The summed E-state index contributed by atoms with van der Waals surface area (Å²) in [5.74, 6) is 1.10. The fourth-order valence-electron chi connectivity index (χ4n) is 4.12. The molecule has 1 aliphatic rings. The third-order valence-electron chi connectivity index (χ3n) is 6.04. The molecule has 11 heteroatoms. The van der Waals surface area contributed by atoms with Gasteiger partial charge in [0.05, 0.1) is 24.2 Å². The first-order valence-electron chi connectivity index (χ1n) is 10.5. The van der Waals surface area contributed by atoms with Gasteiger partial charge in [0.15, 0.2) is 17.1 Å². The maximum Gasteiger partial charge on any atom is 0.331 e. The molecule has 0 aromatic carbocycles. The van der Waals surface area contributed by atoms with Crippen molar-refractivity contribution in [2.24, 2.45) is 7.05 Å². The normalized spacial score (nSPS) is 15.8. The van der Waals surface area contributed by atoms with Crippen LogP contribution in [0.25, 0.3) is 16.8 Å². The summed E-state index contributed by atoms with van der Waals surface area (Å²) >= 11 is 0. The van der Waals surface area contributed by atoms with Gasteiger partial charge < -0.3 is 10.1 Å². The standard InChI is InChI=1S/C21H23N9O2/c1-4-16-25-17-9-13(2)14(11-29(17)27-16)24-19-23-10-15-18(26-19)30(20(31)28(15)3)21(12-22)5-7-32-8-6-21/h9-11H,4-8H2,1-3H3,(H,23,24,26). The van der Waals surface area contributed by atoms with Crippen LogP contribution in [0.15, 0.2) is 23.3 Å². The number of hydrogen-bond acceptors (Lipinski definition) is 8. The number of hydrogen-bond donors (Lipinski definition) is 1. The molecule has 32 heavy (non-hydrogen) atoms. The third kappa shape index (κ3) is 3.03. The summed E-state index contributed by atoms with van der Waals surface area (Å²) < 4.78 is 10.1. The van der Waals surface area contributed by atoms with Crippen molar-refractivity contribution in [2.45, 2.75) is 38.6 Å². The monoisotopic (exact) mass is 433 g/mol. The van der Waals surface area contributed by atoms with E-state index in [9.17, 15) is 10.1 Å². The highest BCUT2D eigenvalue weighted by molar-refractivity contribution is 5.74. The number of ether oxygens (including phenoxy) is 1. The highest BCUT2D eigenvalue weighted by atomic mass is 16.5. The van der Waals surface area contributed by atoms with E-state index in [1.54, 1.807) is 17.8 Å². The predicted octanol–water partition coefficient (Wildman–Crippen LogP) is 1.82. The van der Waals surface area contributed by atoms with Gasteiger partial charge in [-0.3, -0.25) is 9.13 Å². The molecule has 1 aliphatic heterocycles. The van der Waals surface area contributed by atoms with Crippen LogP contribution in [0.1, 0.15) is 31.2 Å². The SMILES string of the molecule is CCc1nc2cc(C)c(Nc3ncc4c(n3)n(C3(C#N)CCOCC3)c(=O)n4C)cn2n1. The van der Waals surface area contributed by atoms with Gasteiger partial charge in [-0.1, -0.05) is 6.92 Å². The highest BCUT2D eigenvalue weighted by Gasteiger charge is 2.38. The first kappa shape index (κ1) is 20.1. The molecule has 0 aliphatic carbocycles. The molecule has 0 atom stereocenters. The van der Waals surface area contributed by atoms with Crippen LogP contribution >= 0.6 is 0 Å². The van der Waals surface area contributed by atoms with E-state index in [-0.39, 0.29) is 5.69 Å². The summed E-state index contributed by atoms with van der Waals surface area (Å²) in [5.41, 5.74) is 2.21. The minimum atomic E-state index is -0.993. The van der Waals surface area contributed by atoms with Crippen LogP contribution in [-0.4, -0.2) is 46.9 Å². The van der Waals surface area contributed by atoms with Gasteiger partial charge in [-0.25, -0.2) is 19.3 Å². The molecule has 5 heterocycles. The molecule has 5 rings (SSSR count). The van der Waals surface area contributed by atoms with Gasteiger partial charge in [-0.05, 0) is 18.6 Å². The number of nitriles is 1. The summed E-state index contributed by atoms with van der Waals surface area (Å²) in [5, 5.41) is 17.7. The summed E-state index contributed by atoms with van der Waals surface area (Å²) in [6.07, 6.45) is 5.05. The molecule has 1 N–H and O–H groups in total. The Labute approximate surface area is 183 Å². The van der Waals surface area contributed by atoms with Crippen LogP contribution in [0.3, 0.4) is 0 Å². The Kier molecular flexibility index (Phi) is 4.67. The van der Waals surface area contributed by atoms with Crippen LogP contribution < -0.4 is 11.0 Å². The van der Waals surface area contributed by atoms with Gasteiger partial charge in [0.1, 0.15) is 11.1 Å². The number of aryl methyl sites for hydroxylation is 3. The van der Waals surface area contributed by atoms with Crippen molar-refractivity contribution in [3.63, 3.8) is 0 Å². The molecule has 1 fully saturated rings. The maximum absolute atomic E-state index is 13.1. The molecular weight excluding hydrogens is 410 g/mol. The first-order valence-corrected chi connectivity index (χ1v) is 10.5. The molecule has 0 radical (unpaired) electrons. The zero-order valence-electron chi connectivity index (χ0n) is 18.2. The fourth-order valence-corrected chi connectivity index (χ4v) is 4.12. The molecular formula is C21H23N9O2. The topological polar surface area (TPSA) is 128 Å². The molecule has 4 aromatic heterocycles. The minimum absolute atomic E-state index is 0.290. The number of aromatic nitrogens is 7. The number of imidazole rings is 1. The average molecular weight is 433 g/mol. The van der Waals surface area contributed by atoms with Crippen molar-refractivity contribution in [3.8, 4) is 6.07 Å². The predicted molar refractivity (Wildman–Crippen MR) is 117 cm³/mol. The molecule has 164 valence electrons. The van der Waals surface area contributed by atoms with E-state index in [0.717, 1.165) is 29.1 Å². The third-order valence-corrected chi connectivity index (χ3v) is 6.04. The molecule has 11 nitrogen and oxygen atoms in total. The van der Waals surface area contributed by atoms with Crippen molar-refractivity contribution in [2.75, 3.05) is 18.5 Å². The lowest BCUT2D eigenvalue weighted by atomic mass is 9.91. The van der Waals surface area contributed by atoms with Crippen LogP contribution in [0.4, 0.5) is 11.6 Å². The number of fused-ring (bicyclic) bond motifs is 2. The zero-order valence-corrected chi connectivity index (χ0v) is 18.2. The van der Waals surface area contributed by atoms with E-state index < -0.39 is 5.54 Å². The lowest BCUT2D eigenvalue weighted by Crippen LogP contribution is -2.44. The number of pyridine rings is 1. The van der Waals surface area contributed by atoms with Crippen LogP contribution in [0.5, 0.6) is 0 Å². The average Bonchev–Trinajstić information content (AvgIpc) is 3.32. The molecule has 0 unspecified atom stereocenters. The number of anilines is 2. The molecule has 0 saturated carbocycles. The summed E-state index contributed by atoms with van der Waals surface area (Å²) in [4.78, 5) is 26.6. The number of nitrogens with one attached hydrogen (secondary N) is 1. The largest absolute Gasteiger partial charge is 0.381 e. The summed E-state index contributed by atoms with van der Waals surface area (Å²) in [7, 11) is 1.66. The van der Waals surface area contributed by atoms with Crippen LogP contribution in [0, 0.1) is 18.3 Å². The Morgan fingerprint density at radius 3 is 2.81 bits per heavy atom. The number of rotatable bonds is 4. The highest BCUT2D eigenvalue weighted by Crippen LogP contribution is 2.30. The second kappa shape index (κ2) is 7.42. The molecule has 0 amide bonds. The van der Waals surface area contributed by atoms with Crippen molar-refractivity contribution < 1.29 is 4.74 Å². The smallest absolute Gasteiger partial charge is 0.331 e. The lowest BCUT2D eigenvalue weighted by molar-refractivity contribution is 0.0448. The molecule has 0 bridgehead atoms. The first-order chi connectivity index (χ1) is 15.5.